The molecule has 210 valence electrons. The van der Waals surface area contributed by atoms with E-state index in [1.54, 1.807) is 7.11 Å². The molecular weight excluding hydrogens is 510 g/mol. The summed E-state index contributed by atoms with van der Waals surface area (Å²) in [6, 6.07) is 15.3. The van der Waals surface area contributed by atoms with Gasteiger partial charge in [-0.25, -0.2) is 4.68 Å². The van der Waals surface area contributed by atoms with Crippen LogP contribution in [0.1, 0.15) is 37.2 Å². The first kappa shape index (κ1) is 26.3. The van der Waals surface area contributed by atoms with Gasteiger partial charge >= 0.3 is 0 Å². The van der Waals surface area contributed by atoms with Gasteiger partial charge in [0, 0.05) is 49.3 Å². The number of rotatable bonds is 9. The Labute approximate surface area is 232 Å². The third-order valence-electron chi connectivity index (χ3n) is 7.76. The van der Waals surface area contributed by atoms with Gasteiger partial charge < -0.3 is 24.1 Å². The number of tetrazole rings is 1. The summed E-state index contributed by atoms with van der Waals surface area (Å²) in [5, 5.41) is 13.7. The fraction of sp³-hybridized carbons (Fsp3) is 0.448. The highest BCUT2D eigenvalue weighted by molar-refractivity contribution is 5.80. The highest BCUT2D eigenvalue weighted by Crippen LogP contribution is 2.32. The number of aromatic amines is 1. The van der Waals surface area contributed by atoms with Gasteiger partial charge in [-0.05, 0) is 66.6 Å². The van der Waals surface area contributed by atoms with E-state index in [9.17, 15) is 4.79 Å². The maximum absolute atomic E-state index is 13.6. The van der Waals surface area contributed by atoms with E-state index < -0.39 is 6.04 Å². The molecular formula is C29H35N7O4. The van der Waals surface area contributed by atoms with Crippen molar-refractivity contribution in [3.05, 3.63) is 70.3 Å². The lowest BCUT2D eigenvalue weighted by Gasteiger charge is -2.40. The van der Waals surface area contributed by atoms with E-state index >= 15 is 0 Å². The third-order valence-corrected chi connectivity index (χ3v) is 7.76. The van der Waals surface area contributed by atoms with Crippen LogP contribution in [0.4, 0.5) is 5.69 Å². The molecule has 0 unspecified atom stereocenters. The number of para-hydroxylation sites is 2. The number of nitrogens with zero attached hydrogens (tertiary/aromatic N) is 6. The van der Waals surface area contributed by atoms with E-state index in [-0.39, 0.29) is 11.7 Å². The standard InChI is InChI=1S/C29H35N7O4/c1-3-39-21-10-11-24-20(17-21)18-23(29(37)30-24)27(28-31-32-33-36(28)19-22-7-6-16-40-22)35-14-12-34(13-15-35)25-8-4-5-9-26(25)38-2/h4-5,8-11,17-18,22,27H,3,6-7,12-16,19H2,1-2H3,(H,30,37)/t22-,27+/m0/s1. The number of pyridine rings is 1. The summed E-state index contributed by atoms with van der Waals surface area (Å²) < 4.78 is 19.0. The Bertz CT molecular complexity index is 1510. The molecule has 4 aromatic rings. The predicted octanol–water partition coefficient (Wildman–Crippen LogP) is 3.01. The maximum atomic E-state index is 13.6. The van der Waals surface area contributed by atoms with Crippen LogP contribution in [0.15, 0.2) is 53.3 Å². The maximum Gasteiger partial charge on any atom is 0.253 e. The van der Waals surface area contributed by atoms with Crippen molar-refractivity contribution in [1.29, 1.82) is 0 Å². The van der Waals surface area contributed by atoms with Gasteiger partial charge in [0.2, 0.25) is 0 Å². The fourth-order valence-electron chi connectivity index (χ4n) is 5.79. The molecule has 2 aromatic carbocycles. The molecule has 2 aromatic heterocycles. The van der Waals surface area contributed by atoms with Gasteiger partial charge in [-0.3, -0.25) is 9.69 Å². The summed E-state index contributed by atoms with van der Waals surface area (Å²) in [6.07, 6.45) is 2.07. The molecule has 1 N–H and O–H groups in total. The Kier molecular flexibility index (Phi) is 7.65. The SMILES string of the molecule is CCOc1ccc2[nH]c(=O)c([C@H](c3nnnn3C[C@@H]3CCCO3)N3CCN(c4ccccc4OC)CC3)cc2c1. The lowest BCUT2D eigenvalue weighted by atomic mass is 10.0. The Morgan fingerprint density at radius 2 is 1.98 bits per heavy atom. The van der Waals surface area contributed by atoms with E-state index in [0.29, 0.717) is 37.6 Å². The molecule has 11 heteroatoms. The summed E-state index contributed by atoms with van der Waals surface area (Å²) in [4.78, 5) is 21.3. The molecule has 2 aliphatic rings. The van der Waals surface area contributed by atoms with Crippen LogP contribution < -0.4 is 19.9 Å². The molecule has 0 aliphatic carbocycles. The van der Waals surface area contributed by atoms with Crippen LogP contribution in [0.5, 0.6) is 11.5 Å². The molecule has 6 rings (SSSR count). The molecule has 2 fully saturated rings. The topological polar surface area (TPSA) is 111 Å². The number of piperazine rings is 1. The summed E-state index contributed by atoms with van der Waals surface area (Å²) in [5.41, 5.74) is 2.28. The predicted molar refractivity (Wildman–Crippen MR) is 151 cm³/mol. The number of hydrogen-bond donors (Lipinski definition) is 1. The zero-order chi connectivity index (χ0) is 27.5. The first-order chi connectivity index (χ1) is 19.6. The number of ether oxygens (including phenoxy) is 3. The van der Waals surface area contributed by atoms with Crippen LogP contribution in [-0.4, -0.2) is 82.7 Å². The molecule has 0 amide bonds. The summed E-state index contributed by atoms with van der Waals surface area (Å²) in [5.74, 6) is 2.26. The molecule has 0 bridgehead atoms. The van der Waals surface area contributed by atoms with Crippen LogP contribution >= 0.6 is 0 Å². The van der Waals surface area contributed by atoms with Crippen molar-refractivity contribution in [2.45, 2.75) is 38.5 Å². The van der Waals surface area contributed by atoms with Crippen molar-refractivity contribution < 1.29 is 14.2 Å². The van der Waals surface area contributed by atoms with Crippen LogP contribution in [0, 0.1) is 0 Å². The van der Waals surface area contributed by atoms with Crippen molar-refractivity contribution >= 4 is 16.6 Å². The van der Waals surface area contributed by atoms with Gasteiger partial charge in [-0.2, -0.15) is 0 Å². The first-order valence-electron chi connectivity index (χ1n) is 13.9. The highest BCUT2D eigenvalue weighted by Gasteiger charge is 2.34. The lowest BCUT2D eigenvalue weighted by Crippen LogP contribution is -2.49. The summed E-state index contributed by atoms with van der Waals surface area (Å²) >= 11 is 0. The largest absolute Gasteiger partial charge is 0.495 e. The fourth-order valence-corrected chi connectivity index (χ4v) is 5.79. The molecule has 2 atom stereocenters. The van der Waals surface area contributed by atoms with Crippen LogP contribution in [-0.2, 0) is 11.3 Å². The minimum absolute atomic E-state index is 0.0638. The number of H-pyrrole nitrogens is 1. The third kappa shape index (κ3) is 5.26. The van der Waals surface area contributed by atoms with Crippen LogP contribution in [0.2, 0.25) is 0 Å². The van der Waals surface area contributed by atoms with Crippen molar-refractivity contribution in [2.75, 3.05) is 51.4 Å². The van der Waals surface area contributed by atoms with Crippen LogP contribution in [0.3, 0.4) is 0 Å². The summed E-state index contributed by atoms with van der Waals surface area (Å²) in [6.45, 7) is 6.80. The highest BCUT2D eigenvalue weighted by atomic mass is 16.5. The monoisotopic (exact) mass is 545 g/mol. The Morgan fingerprint density at radius 3 is 2.75 bits per heavy atom. The average molecular weight is 546 g/mol. The van der Waals surface area contributed by atoms with Gasteiger partial charge in [0.05, 0.1) is 32.1 Å². The number of fused-ring (bicyclic) bond motifs is 1. The second-order valence-electron chi connectivity index (χ2n) is 10.2. The quantitative estimate of drug-likeness (QED) is 0.339. The molecule has 4 heterocycles. The molecule has 11 nitrogen and oxygen atoms in total. The van der Waals surface area contributed by atoms with Crippen molar-refractivity contribution in [1.82, 2.24) is 30.1 Å². The minimum Gasteiger partial charge on any atom is -0.495 e. The number of aromatic nitrogens is 5. The molecule has 40 heavy (non-hydrogen) atoms. The van der Waals surface area contributed by atoms with E-state index in [4.69, 9.17) is 14.2 Å². The smallest absolute Gasteiger partial charge is 0.253 e. The first-order valence-corrected chi connectivity index (χ1v) is 13.9. The molecule has 0 radical (unpaired) electrons. The number of nitrogens with one attached hydrogen (secondary N) is 1. The number of hydrogen-bond acceptors (Lipinski definition) is 9. The molecule has 0 spiro atoms. The lowest BCUT2D eigenvalue weighted by molar-refractivity contribution is 0.0906. The molecule has 2 aliphatic heterocycles. The minimum atomic E-state index is -0.430. The van der Waals surface area contributed by atoms with Crippen LogP contribution in [0.25, 0.3) is 10.9 Å². The van der Waals surface area contributed by atoms with E-state index in [1.807, 2.05) is 54.1 Å². The van der Waals surface area contributed by atoms with E-state index in [1.165, 1.54) is 0 Å². The zero-order valence-electron chi connectivity index (χ0n) is 23.0. The Morgan fingerprint density at radius 1 is 1.12 bits per heavy atom. The van der Waals surface area contributed by atoms with Gasteiger partial charge in [0.15, 0.2) is 5.82 Å². The number of anilines is 1. The van der Waals surface area contributed by atoms with Crippen molar-refractivity contribution in [3.63, 3.8) is 0 Å². The van der Waals surface area contributed by atoms with E-state index in [0.717, 1.165) is 60.6 Å². The van der Waals surface area contributed by atoms with Gasteiger partial charge in [-0.15, -0.1) is 5.10 Å². The zero-order valence-corrected chi connectivity index (χ0v) is 23.0. The second kappa shape index (κ2) is 11.6. The summed E-state index contributed by atoms with van der Waals surface area (Å²) in [7, 11) is 1.70. The Hall–Kier alpha value is -3.96. The van der Waals surface area contributed by atoms with E-state index in [2.05, 4.69) is 36.4 Å². The number of benzene rings is 2. The molecule has 0 saturated carbocycles. The average Bonchev–Trinajstić information content (AvgIpc) is 3.67. The second-order valence-corrected chi connectivity index (χ2v) is 10.2. The Balaban J connectivity index is 1.37. The van der Waals surface area contributed by atoms with Gasteiger partial charge in [-0.1, -0.05) is 12.1 Å². The van der Waals surface area contributed by atoms with Gasteiger partial charge in [0.25, 0.3) is 5.56 Å². The van der Waals surface area contributed by atoms with Crippen molar-refractivity contribution in [2.24, 2.45) is 0 Å². The number of methoxy groups -OCH3 is 1. The van der Waals surface area contributed by atoms with Crippen molar-refractivity contribution in [3.8, 4) is 11.5 Å². The molecule has 2 saturated heterocycles. The van der Waals surface area contributed by atoms with Gasteiger partial charge in [0.1, 0.15) is 17.5 Å². The normalized spacial score (nSPS) is 18.8.